The van der Waals surface area contributed by atoms with Gasteiger partial charge < -0.3 is 9.47 Å². The zero-order chi connectivity index (χ0) is 18.1. The molecule has 0 radical (unpaired) electrons. The SMILES string of the molecule is CCOC(=O)C1CCCN(S(=O)(=O)CCCOCc2ccccc2)C1. The number of rotatable bonds is 9. The fraction of sp³-hybridized carbons (Fsp3) is 0.611. The second kappa shape index (κ2) is 9.89. The number of sulfonamides is 1. The Labute approximate surface area is 150 Å². The van der Waals surface area contributed by atoms with Gasteiger partial charge >= 0.3 is 5.97 Å². The number of benzene rings is 1. The van der Waals surface area contributed by atoms with Gasteiger partial charge in [0, 0.05) is 19.7 Å². The molecule has 2 rings (SSSR count). The summed E-state index contributed by atoms with van der Waals surface area (Å²) in [7, 11) is -3.36. The molecule has 1 heterocycles. The molecule has 0 spiro atoms. The summed E-state index contributed by atoms with van der Waals surface area (Å²) in [6.07, 6.45) is 1.81. The van der Waals surface area contributed by atoms with Gasteiger partial charge in [0.25, 0.3) is 0 Å². The number of hydrogen-bond acceptors (Lipinski definition) is 5. The summed E-state index contributed by atoms with van der Waals surface area (Å²) in [6, 6.07) is 9.77. The highest BCUT2D eigenvalue weighted by atomic mass is 32.2. The Kier molecular flexibility index (Phi) is 7.87. The van der Waals surface area contributed by atoms with Crippen LogP contribution in [-0.2, 0) is 30.9 Å². The molecular weight excluding hydrogens is 342 g/mol. The Bertz CT molecular complexity index is 632. The first-order valence-corrected chi connectivity index (χ1v) is 10.4. The Morgan fingerprint density at radius 3 is 2.76 bits per heavy atom. The smallest absolute Gasteiger partial charge is 0.310 e. The molecule has 0 aromatic heterocycles. The van der Waals surface area contributed by atoms with Crippen LogP contribution in [0.5, 0.6) is 0 Å². The minimum Gasteiger partial charge on any atom is -0.466 e. The molecule has 1 saturated heterocycles. The Hall–Kier alpha value is -1.44. The third-order valence-electron chi connectivity index (χ3n) is 4.20. The highest BCUT2D eigenvalue weighted by Crippen LogP contribution is 2.21. The minimum absolute atomic E-state index is 0.0390. The van der Waals surface area contributed by atoms with Crippen molar-refractivity contribution in [2.75, 3.05) is 32.1 Å². The average Bonchev–Trinajstić information content (AvgIpc) is 2.62. The molecule has 1 aliphatic rings. The van der Waals surface area contributed by atoms with Gasteiger partial charge in [-0.25, -0.2) is 12.7 Å². The molecule has 0 amide bonds. The predicted octanol–water partition coefficient (Wildman–Crippen LogP) is 2.20. The molecular formula is C18H27NO5S. The van der Waals surface area contributed by atoms with Gasteiger partial charge in [-0.2, -0.15) is 0 Å². The van der Waals surface area contributed by atoms with E-state index < -0.39 is 10.0 Å². The van der Waals surface area contributed by atoms with E-state index in [2.05, 4.69) is 0 Å². The maximum atomic E-state index is 12.5. The lowest BCUT2D eigenvalue weighted by atomic mass is 10.0. The molecule has 7 heteroatoms. The van der Waals surface area contributed by atoms with Gasteiger partial charge in [0.15, 0.2) is 0 Å². The second-order valence-electron chi connectivity index (χ2n) is 6.16. The Morgan fingerprint density at radius 2 is 2.04 bits per heavy atom. The Morgan fingerprint density at radius 1 is 1.28 bits per heavy atom. The summed E-state index contributed by atoms with van der Waals surface area (Å²) in [5.74, 6) is -0.608. The van der Waals surface area contributed by atoms with Crippen molar-refractivity contribution >= 4 is 16.0 Å². The average molecular weight is 369 g/mol. The number of nitrogens with zero attached hydrogens (tertiary/aromatic N) is 1. The van der Waals surface area contributed by atoms with Crippen LogP contribution in [0.4, 0.5) is 0 Å². The van der Waals surface area contributed by atoms with E-state index in [9.17, 15) is 13.2 Å². The maximum Gasteiger partial charge on any atom is 0.310 e. The van der Waals surface area contributed by atoms with Crippen LogP contribution in [0.15, 0.2) is 30.3 Å². The van der Waals surface area contributed by atoms with E-state index in [0.29, 0.717) is 45.6 Å². The first-order chi connectivity index (χ1) is 12.0. The maximum absolute atomic E-state index is 12.5. The number of piperidine rings is 1. The fourth-order valence-corrected chi connectivity index (χ4v) is 4.44. The van der Waals surface area contributed by atoms with Gasteiger partial charge in [-0.1, -0.05) is 30.3 Å². The third-order valence-corrected chi connectivity index (χ3v) is 6.12. The number of ether oxygens (including phenoxy) is 2. The molecule has 140 valence electrons. The molecule has 0 aliphatic carbocycles. The van der Waals surface area contributed by atoms with Crippen LogP contribution in [0.3, 0.4) is 0 Å². The van der Waals surface area contributed by atoms with E-state index >= 15 is 0 Å². The number of carbonyl (C=O) groups excluding carboxylic acids is 1. The summed E-state index contributed by atoms with van der Waals surface area (Å²) in [5, 5.41) is 0. The molecule has 0 N–H and O–H groups in total. The van der Waals surface area contributed by atoms with Gasteiger partial charge in [0.2, 0.25) is 10.0 Å². The van der Waals surface area contributed by atoms with Crippen molar-refractivity contribution in [3.8, 4) is 0 Å². The van der Waals surface area contributed by atoms with Crippen molar-refractivity contribution in [3.63, 3.8) is 0 Å². The van der Waals surface area contributed by atoms with Gasteiger partial charge in [-0.3, -0.25) is 4.79 Å². The molecule has 1 unspecified atom stereocenters. The lowest BCUT2D eigenvalue weighted by Crippen LogP contribution is -2.43. The van der Waals surface area contributed by atoms with Crippen LogP contribution in [0.25, 0.3) is 0 Å². The third kappa shape index (κ3) is 6.41. The molecule has 1 aromatic carbocycles. The largest absolute Gasteiger partial charge is 0.466 e. The lowest BCUT2D eigenvalue weighted by molar-refractivity contribution is -0.149. The molecule has 1 aliphatic heterocycles. The number of carbonyl (C=O) groups is 1. The first-order valence-electron chi connectivity index (χ1n) is 8.79. The van der Waals surface area contributed by atoms with Crippen molar-refractivity contribution in [1.29, 1.82) is 0 Å². The zero-order valence-corrected chi connectivity index (χ0v) is 15.5. The molecule has 6 nitrogen and oxygen atoms in total. The van der Waals surface area contributed by atoms with Crippen LogP contribution >= 0.6 is 0 Å². The molecule has 0 saturated carbocycles. The van der Waals surface area contributed by atoms with E-state index in [1.807, 2.05) is 30.3 Å². The summed E-state index contributed by atoms with van der Waals surface area (Å²) >= 11 is 0. The first kappa shape index (κ1) is 19.9. The van der Waals surface area contributed by atoms with Gasteiger partial charge in [0.1, 0.15) is 0 Å². The second-order valence-corrected chi connectivity index (χ2v) is 8.25. The zero-order valence-electron chi connectivity index (χ0n) is 14.7. The van der Waals surface area contributed by atoms with Gasteiger partial charge in [-0.15, -0.1) is 0 Å². The van der Waals surface area contributed by atoms with Crippen molar-refractivity contribution in [3.05, 3.63) is 35.9 Å². The van der Waals surface area contributed by atoms with E-state index in [4.69, 9.17) is 9.47 Å². The lowest BCUT2D eigenvalue weighted by Gasteiger charge is -2.30. The van der Waals surface area contributed by atoms with Crippen molar-refractivity contribution in [2.45, 2.75) is 32.8 Å². The van der Waals surface area contributed by atoms with Crippen LogP contribution in [-0.4, -0.2) is 50.7 Å². The van der Waals surface area contributed by atoms with Crippen molar-refractivity contribution in [1.82, 2.24) is 4.31 Å². The molecule has 1 fully saturated rings. The fourth-order valence-electron chi connectivity index (χ4n) is 2.88. The van der Waals surface area contributed by atoms with Gasteiger partial charge in [-0.05, 0) is 31.7 Å². The summed E-state index contributed by atoms with van der Waals surface area (Å²) in [4.78, 5) is 11.8. The molecule has 25 heavy (non-hydrogen) atoms. The Balaban J connectivity index is 1.73. The topological polar surface area (TPSA) is 72.9 Å². The van der Waals surface area contributed by atoms with Crippen LogP contribution < -0.4 is 0 Å². The summed E-state index contributed by atoms with van der Waals surface area (Å²) < 4.78 is 36.9. The van der Waals surface area contributed by atoms with Gasteiger partial charge in [0.05, 0.1) is 24.9 Å². The quantitative estimate of drug-likeness (QED) is 0.493. The monoisotopic (exact) mass is 369 g/mol. The number of hydrogen-bond donors (Lipinski definition) is 0. The molecule has 1 atom stereocenters. The van der Waals surface area contributed by atoms with E-state index in [-0.39, 0.29) is 24.2 Å². The summed E-state index contributed by atoms with van der Waals surface area (Å²) in [5.41, 5.74) is 1.07. The number of esters is 1. The minimum atomic E-state index is -3.36. The molecule has 1 aromatic rings. The highest BCUT2D eigenvalue weighted by molar-refractivity contribution is 7.89. The van der Waals surface area contributed by atoms with Crippen LogP contribution in [0.1, 0.15) is 31.7 Å². The van der Waals surface area contributed by atoms with Crippen molar-refractivity contribution < 1.29 is 22.7 Å². The van der Waals surface area contributed by atoms with Crippen LogP contribution in [0.2, 0.25) is 0 Å². The van der Waals surface area contributed by atoms with E-state index in [1.165, 1.54) is 4.31 Å². The van der Waals surface area contributed by atoms with Crippen LogP contribution in [0, 0.1) is 5.92 Å². The normalized spacial score (nSPS) is 18.8. The molecule has 0 bridgehead atoms. The highest BCUT2D eigenvalue weighted by Gasteiger charge is 2.32. The van der Waals surface area contributed by atoms with E-state index in [1.54, 1.807) is 6.92 Å². The van der Waals surface area contributed by atoms with Crippen molar-refractivity contribution in [2.24, 2.45) is 5.92 Å². The predicted molar refractivity (Wildman–Crippen MR) is 95.4 cm³/mol. The summed E-state index contributed by atoms with van der Waals surface area (Å²) in [6.45, 7) is 3.65. The standard InChI is InChI=1S/C18H27NO5S/c1-2-24-18(20)17-10-6-11-19(14-17)25(21,22)13-7-12-23-15-16-8-4-3-5-9-16/h3-5,8-9,17H,2,6-7,10-15H2,1H3. The van der Waals surface area contributed by atoms with E-state index in [0.717, 1.165) is 5.56 Å².